The summed E-state index contributed by atoms with van der Waals surface area (Å²) in [4.78, 5) is 9.91. The maximum absolute atomic E-state index is 11.0. The molecule has 1 unspecified atom stereocenters. The van der Waals surface area contributed by atoms with Crippen molar-refractivity contribution in [3.8, 4) is 0 Å². The summed E-state index contributed by atoms with van der Waals surface area (Å²) in [6.07, 6.45) is 0. The van der Waals surface area contributed by atoms with Gasteiger partial charge in [-0.1, -0.05) is 11.8 Å². The van der Waals surface area contributed by atoms with Gasteiger partial charge < -0.3 is 10.1 Å². The molecule has 0 spiro atoms. The molecule has 1 aliphatic heterocycles. The molecule has 5 heteroatoms. The minimum absolute atomic E-state index is 0.462. The van der Waals surface area contributed by atoms with Gasteiger partial charge in [-0.3, -0.25) is 5.73 Å². The third kappa shape index (κ3) is 1.49. The first-order chi connectivity index (χ1) is 5.08. The van der Waals surface area contributed by atoms with Crippen LogP contribution in [0.5, 0.6) is 0 Å². The van der Waals surface area contributed by atoms with Crippen LogP contribution in [0.25, 0.3) is 0 Å². The Morgan fingerprint density at radius 2 is 2.55 bits per heavy atom. The van der Waals surface area contributed by atoms with Crippen molar-refractivity contribution in [1.29, 1.82) is 0 Å². The molecule has 1 atom stereocenters. The smallest absolute Gasteiger partial charge is 0.358 e. The van der Waals surface area contributed by atoms with Crippen molar-refractivity contribution in [1.82, 2.24) is 5.32 Å². The number of carbonyl (C=O) groups excluding carboxylic acids is 1. The quantitative estimate of drug-likeness (QED) is 0.546. The number of hydrogen-bond acceptors (Lipinski definition) is 5. The second-order valence-corrected chi connectivity index (χ2v) is 3.39. The summed E-state index contributed by atoms with van der Waals surface area (Å²) >= 11 is 1.22. The van der Waals surface area contributed by atoms with Gasteiger partial charge in [-0.2, -0.15) is 0 Å². The Hall–Kier alpha value is -0.680. The van der Waals surface area contributed by atoms with Gasteiger partial charge >= 0.3 is 5.97 Å². The first-order valence-corrected chi connectivity index (χ1v) is 3.96. The molecular weight excluding hydrogens is 164 g/mol. The second-order valence-electron chi connectivity index (χ2n) is 2.27. The van der Waals surface area contributed by atoms with Crippen molar-refractivity contribution in [2.75, 3.05) is 7.11 Å². The Bertz CT molecular complexity index is 217. The van der Waals surface area contributed by atoms with Crippen molar-refractivity contribution in [3.05, 3.63) is 11.1 Å². The summed E-state index contributed by atoms with van der Waals surface area (Å²) in [6, 6.07) is 0. The third-order valence-corrected chi connectivity index (χ3v) is 2.41. The Morgan fingerprint density at radius 3 is 2.91 bits per heavy atom. The summed E-state index contributed by atoms with van der Waals surface area (Å²) in [5.74, 6) is -0.462. The Balaban J connectivity index is 2.66. The van der Waals surface area contributed by atoms with Crippen LogP contribution in [-0.2, 0) is 9.53 Å². The zero-order valence-electron chi connectivity index (χ0n) is 6.38. The van der Waals surface area contributed by atoms with E-state index in [1.807, 2.05) is 6.92 Å². The lowest BCUT2D eigenvalue weighted by Crippen LogP contribution is -2.54. The number of thioether (sulfide) groups is 1. The molecule has 3 N–H and O–H groups in total. The van der Waals surface area contributed by atoms with E-state index in [0.717, 1.165) is 5.70 Å². The SMILES string of the molecule is COC(=O)C1(N)NC(C)=CS1. The van der Waals surface area contributed by atoms with Gasteiger partial charge in [0, 0.05) is 5.70 Å². The van der Waals surface area contributed by atoms with Crippen LogP contribution in [0.2, 0.25) is 0 Å². The van der Waals surface area contributed by atoms with E-state index in [1.165, 1.54) is 18.9 Å². The van der Waals surface area contributed by atoms with Crippen LogP contribution in [0.15, 0.2) is 11.1 Å². The second kappa shape index (κ2) is 2.75. The van der Waals surface area contributed by atoms with Crippen LogP contribution in [0.1, 0.15) is 6.92 Å². The normalized spacial score (nSPS) is 29.2. The van der Waals surface area contributed by atoms with Gasteiger partial charge in [0.05, 0.1) is 7.11 Å². The number of carbonyl (C=O) groups is 1. The van der Waals surface area contributed by atoms with Gasteiger partial charge in [0.25, 0.3) is 0 Å². The molecule has 0 fully saturated rings. The lowest BCUT2D eigenvalue weighted by atomic mass is 10.4. The van der Waals surface area contributed by atoms with Crippen molar-refractivity contribution in [2.24, 2.45) is 5.73 Å². The monoisotopic (exact) mass is 174 g/mol. The minimum Gasteiger partial charge on any atom is -0.466 e. The first-order valence-electron chi connectivity index (χ1n) is 3.08. The molecule has 62 valence electrons. The maximum Gasteiger partial charge on any atom is 0.358 e. The van der Waals surface area contributed by atoms with Crippen molar-refractivity contribution < 1.29 is 9.53 Å². The van der Waals surface area contributed by atoms with Gasteiger partial charge in [-0.05, 0) is 12.3 Å². The molecule has 0 saturated heterocycles. The largest absolute Gasteiger partial charge is 0.466 e. The molecule has 1 heterocycles. The van der Waals surface area contributed by atoms with Crippen LogP contribution in [0.3, 0.4) is 0 Å². The van der Waals surface area contributed by atoms with E-state index in [9.17, 15) is 4.79 Å². The lowest BCUT2D eigenvalue weighted by molar-refractivity contribution is -0.144. The van der Waals surface area contributed by atoms with Crippen molar-refractivity contribution in [3.63, 3.8) is 0 Å². The van der Waals surface area contributed by atoms with Crippen LogP contribution in [-0.4, -0.2) is 18.1 Å². The molecule has 0 aromatic heterocycles. The number of nitrogens with two attached hydrogens (primary N) is 1. The fourth-order valence-corrected chi connectivity index (χ4v) is 1.61. The minimum atomic E-state index is -1.11. The van der Waals surface area contributed by atoms with Crippen LogP contribution < -0.4 is 11.1 Å². The van der Waals surface area contributed by atoms with Gasteiger partial charge in [0.2, 0.25) is 4.99 Å². The van der Waals surface area contributed by atoms with Gasteiger partial charge in [0.15, 0.2) is 0 Å². The lowest BCUT2D eigenvalue weighted by Gasteiger charge is -2.20. The Labute approximate surface area is 69.2 Å². The van der Waals surface area contributed by atoms with E-state index in [4.69, 9.17) is 5.73 Å². The molecule has 0 aromatic carbocycles. The highest BCUT2D eigenvalue weighted by Gasteiger charge is 2.38. The van der Waals surface area contributed by atoms with E-state index >= 15 is 0 Å². The number of rotatable bonds is 1. The van der Waals surface area contributed by atoms with Gasteiger partial charge in [-0.15, -0.1) is 0 Å². The highest BCUT2D eigenvalue weighted by Crippen LogP contribution is 2.27. The number of nitrogens with one attached hydrogen (secondary N) is 1. The fraction of sp³-hybridized carbons (Fsp3) is 0.500. The molecule has 0 aliphatic carbocycles. The number of ether oxygens (including phenoxy) is 1. The highest BCUT2D eigenvalue weighted by molar-refractivity contribution is 8.04. The highest BCUT2D eigenvalue weighted by atomic mass is 32.2. The number of hydrogen-bond donors (Lipinski definition) is 2. The van der Waals surface area contributed by atoms with Crippen LogP contribution in [0.4, 0.5) is 0 Å². The topological polar surface area (TPSA) is 64.3 Å². The van der Waals surface area contributed by atoms with Gasteiger partial charge in [-0.25, -0.2) is 4.79 Å². The molecular formula is C6H10N2O2S. The molecule has 0 aromatic rings. The van der Waals surface area contributed by atoms with E-state index < -0.39 is 11.0 Å². The van der Waals surface area contributed by atoms with E-state index in [-0.39, 0.29) is 0 Å². The Morgan fingerprint density at radius 1 is 1.91 bits per heavy atom. The zero-order valence-corrected chi connectivity index (χ0v) is 7.20. The molecule has 0 saturated carbocycles. The molecule has 4 nitrogen and oxygen atoms in total. The summed E-state index contributed by atoms with van der Waals surface area (Å²) in [7, 11) is 1.31. The average Bonchev–Trinajstić information content (AvgIpc) is 2.31. The fourth-order valence-electron chi connectivity index (χ4n) is 0.784. The van der Waals surface area contributed by atoms with E-state index in [2.05, 4.69) is 10.1 Å². The number of allylic oxidation sites excluding steroid dienone is 1. The molecule has 0 radical (unpaired) electrons. The van der Waals surface area contributed by atoms with Crippen molar-refractivity contribution in [2.45, 2.75) is 11.9 Å². The summed E-state index contributed by atoms with van der Waals surface area (Å²) in [5, 5.41) is 4.60. The zero-order chi connectivity index (χ0) is 8.48. The van der Waals surface area contributed by atoms with E-state index in [0.29, 0.717) is 0 Å². The molecule has 0 bridgehead atoms. The molecule has 11 heavy (non-hydrogen) atoms. The number of esters is 1. The Kier molecular flexibility index (Phi) is 2.10. The van der Waals surface area contributed by atoms with E-state index in [1.54, 1.807) is 5.41 Å². The first kappa shape index (κ1) is 8.42. The van der Waals surface area contributed by atoms with Gasteiger partial charge in [0.1, 0.15) is 0 Å². The number of methoxy groups -OCH3 is 1. The predicted octanol–water partition coefficient (Wildman–Crippen LogP) is -0.0304. The molecule has 1 aliphatic rings. The maximum atomic E-state index is 11.0. The predicted molar refractivity (Wildman–Crippen MR) is 43.4 cm³/mol. The summed E-state index contributed by atoms with van der Waals surface area (Å²) < 4.78 is 4.50. The summed E-state index contributed by atoms with van der Waals surface area (Å²) in [6.45, 7) is 1.84. The standard InChI is InChI=1S/C6H10N2O2S/c1-4-3-11-6(7,8-4)5(9)10-2/h3,8H,7H2,1-2H3. The van der Waals surface area contributed by atoms with Crippen molar-refractivity contribution >= 4 is 17.7 Å². The van der Waals surface area contributed by atoms with Crippen LogP contribution >= 0.6 is 11.8 Å². The molecule has 1 rings (SSSR count). The third-order valence-electron chi connectivity index (χ3n) is 1.29. The molecule has 0 amide bonds. The summed E-state index contributed by atoms with van der Waals surface area (Å²) in [5.41, 5.74) is 6.51. The average molecular weight is 174 g/mol. The van der Waals surface area contributed by atoms with Crippen LogP contribution in [0, 0.1) is 0 Å².